The lowest BCUT2D eigenvalue weighted by atomic mass is 10.1. The number of benzene rings is 1. The van der Waals surface area contributed by atoms with Gasteiger partial charge >= 0.3 is 0 Å². The topological polar surface area (TPSA) is 43.8 Å². The lowest BCUT2D eigenvalue weighted by Gasteiger charge is -2.01. The molecule has 0 atom stereocenters. The highest BCUT2D eigenvalue weighted by molar-refractivity contribution is 5.72. The van der Waals surface area contributed by atoms with Crippen LogP contribution in [0.2, 0.25) is 0 Å². The maximum Gasteiger partial charge on any atom is 0.168 e. The number of anilines is 1. The Hall–Kier alpha value is -1.91. The van der Waals surface area contributed by atoms with Crippen LogP contribution >= 0.6 is 0 Å². The van der Waals surface area contributed by atoms with Crippen LogP contribution in [0.3, 0.4) is 0 Å². The number of aryl methyl sites for hydroxylation is 1. The summed E-state index contributed by atoms with van der Waals surface area (Å²) in [4.78, 5) is 0. The van der Waals surface area contributed by atoms with E-state index in [0.717, 1.165) is 6.07 Å². The first-order valence-corrected chi connectivity index (χ1v) is 4.90. The molecule has 0 amide bonds. The van der Waals surface area contributed by atoms with Crippen molar-refractivity contribution in [1.82, 2.24) is 9.78 Å². The van der Waals surface area contributed by atoms with Gasteiger partial charge in [0.15, 0.2) is 11.6 Å². The van der Waals surface area contributed by atoms with E-state index in [1.807, 2.05) is 6.92 Å². The maximum atomic E-state index is 13.5. The number of nitrogen functional groups attached to an aromatic ring is 1. The third-order valence-electron chi connectivity index (χ3n) is 2.32. The molecule has 0 bridgehead atoms. The molecule has 2 rings (SSSR count). The molecule has 0 spiro atoms. The number of nitrogens with two attached hydrogens (primary N) is 1. The molecule has 84 valence electrons. The first kappa shape index (κ1) is 10.6. The molecule has 16 heavy (non-hydrogen) atoms. The number of hydrogen-bond donors (Lipinski definition) is 1. The fourth-order valence-corrected chi connectivity index (χ4v) is 1.49. The predicted molar refractivity (Wildman–Crippen MR) is 57.7 cm³/mol. The van der Waals surface area contributed by atoms with Gasteiger partial charge in [0.1, 0.15) is 5.69 Å². The molecule has 2 N–H and O–H groups in total. The minimum Gasteiger partial charge on any atom is -0.396 e. The summed E-state index contributed by atoms with van der Waals surface area (Å²) < 4.78 is 28.1. The van der Waals surface area contributed by atoms with Crippen LogP contribution in [0.15, 0.2) is 24.4 Å². The SMILES string of the molecule is CCn1cc(N)c(-c2cccc(F)c2F)n1. The number of rotatable bonds is 2. The van der Waals surface area contributed by atoms with Crippen molar-refractivity contribution in [1.29, 1.82) is 0 Å². The van der Waals surface area contributed by atoms with E-state index in [4.69, 9.17) is 5.73 Å². The highest BCUT2D eigenvalue weighted by atomic mass is 19.2. The van der Waals surface area contributed by atoms with Crippen molar-refractivity contribution in [3.8, 4) is 11.3 Å². The first-order valence-electron chi connectivity index (χ1n) is 4.90. The Morgan fingerprint density at radius 3 is 2.75 bits per heavy atom. The Bertz CT molecular complexity index is 520. The zero-order chi connectivity index (χ0) is 11.7. The molecule has 3 nitrogen and oxygen atoms in total. The summed E-state index contributed by atoms with van der Waals surface area (Å²) >= 11 is 0. The van der Waals surface area contributed by atoms with E-state index < -0.39 is 11.6 Å². The lowest BCUT2D eigenvalue weighted by molar-refractivity contribution is 0.510. The number of aromatic nitrogens is 2. The largest absolute Gasteiger partial charge is 0.396 e. The van der Waals surface area contributed by atoms with Crippen LogP contribution < -0.4 is 5.73 Å². The van der Waals surface area contributed by atoms with Gasteiger partial charge in [-0.1, -0.05) is 6.07 Å². The number of halogens is 2. The quantitative estimate of drug-likeness (QED) is 0.849. The van der Waals surface area contributed by atoms with E-state index in [-0.39, 0.29) is 11.3 Å². The van der Waals surface area contributed by atoms with Gasteiger partial charge < -0.3 is 5.73 Å². The second-order valence-electron chi connectivity index (χ2n) is 3.39. The normalized spacial score (nSPS) is 10.7. The van der Waals surface area contributed by atoms with Crippen molar-refractivity contribution in [2.75, 3.05) is 5.73 Å². The molecular formula is C11H11F2N3. The van der Waals surface area contributed by atoms with E-state index in [1.165, 1.54) is 12.1 Å². The Balaban J connectivity index is 2.58. The van der Waals surface area contributed by atoms with Crippen LogP contribution in [0, 0.1) is 11.6 Å². The van der Waals surface area contributed by atoms with Crippen LogP contribution in [0.5, 0.6) is 0 Å². The highest BCUT2D eigenvalue weighted by Gasteiger charge is 2.15. The predicted octanol–water partition coefficient (Wildman–Crippen LogP) is 2.43. The third-order valence-corrected chi connectivity index (χ3v) is 2.32. The average molecular weight is 223 g/mol. The molecule has 0 fully saturated rings. The zero-order valence-corrected chi connectivity index (χ0v) is 8.74. The van der Waals surface area contributed by atoms with Crippen molar-refractivity contribution in [2.24, 2.45) is 0 Å². The monoisotopic (exact) mass is 223 g/mol. The van der Waals surface area contributed by atoms with Crippen molar-refractivity contribution in [3.63, 3.8) is 0 Å². The zero-order valence-electron chi connectivity index (χ0n) is 8.74. The summed E-state index contributed by atoms with van der Waals surface area (Å²) in [6.07, 6.45) is 1.60. The van der Waals surface area contributed by atoms with Crippen LogP contribution in [0.4, 0.5) is 14.5 Å². The maximum absolute atomic E-state index is 13.5. The smallest absolute Gasteiger partial charge is 0.168 e. The van der Waals surface area contributed by atoms with Gasteiger partial charge in [0, 0.05) is 18.3 Å². The van der Waals surface area contributed by atoms with Crippen molar-refractivity contribution < 1.29 is 8.78 Å². The number of hydrogen-bond acceptors (Lipinski definition) is 2. The van der Waals surface area contributed by atoms with Crippen LogP contribution in [-0.4, -0.2) is 9.78 Å². The Morgan fingerprint density at radius 1 is 1.38 bits per heavy atom. The van der Waals surface area contributed by atoms with Gasteiger partial charge in [-0.2, -0.15) is 5.10 Å². The molecule has 0 aliphatic heterocycles. The van der Waals surface area contributed by atoms with Crippen LogP contribution in [0.1, 0.15) is 6.92 Å². The van der Waals surface area contributed by atoms with E-state index in [0.29, 0.717) is 12.2 Å². The van der Waals surface area contributed by atoms with Gasteiger partial charge in [-0.15, -0.1) is 0 Å². The minimum atomic E-state index is -0.921. The van der Waals surface area contributed by atoms with Gasteiger partial charge in [-0.25, -0.2) is 8.78 Å². The fourth-order valence-electron chi connectivity index (χ4n) is 1.49. The molecular weight excluding hydrogens is 212 g/mol. The average Bonchev–Trinajstić information content (AvgIpc) is 2.64. The van der Waals surface area contributed by atoms with E-state index in [2.05, 4.69) is 5.10 Å². The molecule has 0 aliphatic rings. The van der Waals surface area contributed by atoms with E-state index >= 15 is 0 Å². The lowest BCUT2D eigenvalue weighted by Crippen LogP contribution is -1.95. The molecule has 0 radical (unpaired) electrons. The Labute approximate surface area is 91.5 Å². The molecule has 5 heteroatoms. The van der Waals surface area contributed by atoms with Gasteiger partial charge in [0.25, 0.3) is 0 Å². The molecule has 0 saturated heterocycles. The summed E-state index contributed by atoms with van der Waals surface area (Å²) in [5.74, 6) is -1.82. The highest BCUT2D eigenvalue weighted by Crippen LogP contribution is 2.27. The van der Waals surface area contributed by atoms with Crippen molar-refractivity contribution in [3.05, 3.63) is 36.0 Å². The minimum absolute atomic E-state index is 0.0877. The van der Waals surface area contributed by atoms with E-state index in [1.54, 1.807) is 10.9 Å². The molecule has 1 aromatic carbocycles. The summed E-state index contributed by atoms with van der Waals surface area (Å²) in [5, 5.41) is 4.09. The van der Waals surface area contributed by atoms with Crippen LogP contribution in [-0.2, 0) is 6.54 Å². The summed E-state index contributed by atoms with van der Waals surface area (Å²) in [5.41, 5.74) is 6.40. The molecule has 2 aromatic rings. The van der Waals surface area contributed by atoms with Gasteiger partial charge in [-0.3, -0.25) is 4.68 Å². The number of nitrogens with zero attached hydrogens (tertiary/aromatic N) is 2. The van der Waals surface area contributed by atoms with E-state index in [9.17, 15) is 8.78 Å². The molecule has 1 heterocycles. The third kappa shape index (κ3) is 1.64. The second-order valence-corrected chi connectivity index (χ2v) is 3.39. The molecule has 0 unspecified atom stereocenters. The molecule has 1 aromatic heterocycles. The summed E-state index contributed by atoms with van der Waals surface area (Å²) in [6.45, 7) is 2.51. The summed E-state index contributed by atoms with van der Waals surface area (Å²) in [7, 11) is 0. The fraction of sp³-hybridized carbons (Fsp3) is 0.182. The van der Waals surface area contributed by atoms with Crippen molar-refractivity contribution in [2.45, 2.75) is 13.5 Å². The van der Waals surface area contributed by atoms with Gasteiger partial charge in [-0.05, 0) is 19.1 Å². The van der Waals surface area contributed by atoms with Gasteiger partial charge in [0.05, 0.1) is 5.69 Å². The first-order chi connectivity index (χ1) is 7.63. The summed E-state index contributed by atoms with van der Waals surface area (Å²) in [6, 6.07) is 3.95. The Morgan fingerprint density at radius 2 is 2.12 bits per heavy atom. The molecule has 0 aliphatic carbocycles. The second kappa shape index (κ2) is 3.92. The Kier molecular flexibility index (Phi) is 2.60. The van der Waals surface area contributed by atoms with Crippen molar-refractivity contribution >= 4 is 5.69 Å². The molecule has 0 saturated carbocycles. The standard InChI is InChI=1S/C11H11F2N3/c1-2-16-6-9(14)11(15-16)7-4-3-5-8(12)10(7)13/h3-6H,2,14H2,1H3. The van der Waals surface area contributed by atoms with Crippen LogP contribution in [0.25, 0.3) is 11.3 Å². The van der Waals surface area contributed by atoms with Gasteiger partial charge in [0.2, 0.25) is 0 Å².